The summed E-state index contributed by atoms with van der Waals surface area (Å²) in [7, 11) is 0. The van der Waals surface area contributed by atoms with E-state index in [2.05, 4.69) is 23.5 Å². The van der Waals surface area contributed by atoms with Crippen LogP contribution >= 0.6 is 11.6 Å². The van der Waals surface area contributed by atoms with E-state index < -0.39 is 0 Å². The Balaban J connectivity index is 1.85. The lowest BCUT2D eigenvalue weighted by atomic mass is 10.1. The van der Waals surface area contributed by atoms with E-state index in [1.54, 1.807) is 0 Å². The molecule has 2 rings (SSSR count). The van der Waals surface area contributed by atoms with Crippen molar-refractivity contribution in [3.05, 3.63) is 34.3 Å². The zero-order chi connectivity index (χ0) is 12.1. The van der Waals surface area contributed by atoms with Gasteiger partial charge >= 0.3 is 0 Å². The molecule has 1 unspecified atom stereocenters. The summed E-state index contributed by atoms with van der Waals surface area (Å²) in [6, 6.07) is 6.85. The molecule has 0 aromatic heterocycles. The van der Waals surface area contributed by atoms with Crippen LogP contribution in [0.2, 0.25) is 5.02 Å². The van der Waals surface area contributed by atoms with Crippen LogP contribution in [0.1, 0.15) is 30.4 Å². The Morgan fingerprint density at radius 1 is 1.35 bits per heavy atom. The predicted octanol–water partition coefficient (Wildman–Crippen LogP) is 3.31. The standard InChI is InChI=1S/C14H20ClNO/c1-11-4-5-12(9-14(11)15)10-16-13-3-2-7-17-8-6-13/h4-5,9,13,16H,2-3,6-8,10H2,1H3. The maximum absolute atomic E-state index is 6.11. The lowest BCUT2D eigenvalue weighted by molar-refractivity contribution is 0.142. The molecule has 1 aliphatic rings. The topological polar surface area (TPSA) is 21.3 Å². The normalized spacial score (nSPS) is 21.2. The summed E-state index contributed by atoms with van der Waals surface area (Å²) >= 11 is 6.11. The molecule has 17 heavy (non-hydrogen) atoms. The van der Waals surface area contributed by atoms with Gasteiger partial charge in [-0.2, -0.15) is 0 Å². The van der Waals surface area contributed by atoms with E-state index in [1.165, 1.54) is 12.0 Å². The number of halogens is 1. The second-order valence-corrected chi connectivity index (χ2v) is 5.11. The molecule has 1 saturated heterocycles. The summed E-state index contributed by atoms with van der Waals surface area (Å²) in [5, 5.41) is 4.44. The Kier molecular flexibility index (Phi) is 4.84. The fraction of sp³-hybridized carbons (Fsp3) is 0.571. The fourth-order valence-electron chi connectivity index (χ4n) is 2.12. The molecule has 1 N–H and O–H groups in total. The van der Waals surface area contributed by atoms with Gasteiger partial charge in [-0.1, -0.05) is 23.7 Å². The van der Waals surface area contributed by atoms with E-state index in [0.29, 0.717) is 6.04 Å². The maximum Gasteiger partial charge on any atom is 0.0480 e. The predicted molar refractivity (Wildman–Crippen MR) is 71.5 cm³/mol. The Morgan fingerprint density at radius 3 is 3.06 bits per heavy atom. The van der Waals surface area contributed by atoms with Crippen LogP contribution in [0.15, 0.2) is 18.2 Å². The van der Waals surface area contributed by atoms with Crippen LogP contribution in [0.3, 0.4) is 0 Å². The van der Waals surface area contributed by atoms with Gasteiger partial charge in [0.2, 0.25) is 0 Å². The first-order chi connectivity index (χ1) is 8.25. The van der Waals surface area contributed by atoms with Crippen LogP contribution in [-0.2, 0) is 11.3 Å². The van der Waals surface area contributed by atoms with E-state index in [1.807, 2.05) is 6.92 Å². The molecule has 0 bridgehead atoms. The number of hydrogen-bond acceptors (Lipinski definition) is 2. The van der Waals surface area contributed by atoms with Gasteiger partial charge in [0, 0.05) is 30.8 Å². The van der Waals surface area contributed by atoms with Crippen molar-refractivity contribution >= 4 is 11.6 Å². The van der Waals surface area contributed by atoms with E-state index in [9.17, 15) is 0 Å². The van der Waals surface area contributed by atoms with Crippen LogP contribution in [0, 0.1) is 6.92 Å². The first-order valence-corrected chi connectivity index (χ1v) is 6.69. The molecule has 94 valence electrons. The van der Waals surface area contributed by atoms with Gasteiger partial charge in [-0.25, -0.2) is 0 Å². The maximum atomic E-state index is 6.11. The largest absolute Gasteiger partial charge is 0.381 e. The average Bonchev–Trinajstić information content (AvgIpc) is 2.59. The van der Waals surface area contributed by atoms with Crippen molar-refractivity contribution in [3.63, 3.8) is 0 Å². The Labute approximate surface area is 108 Å². The molecule has 1 atom stereocenters. The number of hydrogen-bond donors (Lipinski definition) is 1. The van der Waals surface area contributed by atoms with Crippen LogP contribution in [0.25, 0.3) is 0 Å². The highest BCUT2D eigenvalue weighted by atomic mass is 35.5. The van der Waals surface area contributed by atoms with Gasteiger partial charge in [-0.15, -0.1) is 0 Å². The van der Waals surface area contributed by atoms with Crippen LogP contribution in [-0.4, -0.2) is 19.3 Å². The van der Waals surface area contributed by atoms with Gasteiger partial charge in [0.25, 0.3) is 0 Å². The second-order valence-electron chi connectivity index (χ2n) is 4.70. The summed E-state index contributed by atoms with van der Waals surface area (Å²) in [4.78, 5) is 0. The molecular weight excluding hydrogens is 234 g/mol. The van der Waals surface area contributed by atoms with Crippen LogP contribution in [0.4, 0.5) is 0 Å². The summed E-state index contributed by atoms with van der Waals surface area (Å²) in [6.07, 6.45) is 3.48. The molecular formula is C14H20ClNO. The molecule has 2 nitrogen and oxygen atoms in total. The highest BCUT2D eigenvalue weighted by Gasteiger charge is 2.11. The molecule has 1 aromatic rings. The number of benzene rings is 1. The number of nitrogens with one attached hydrogen (secondary N) is 1. The molecule has 1 fully saturated rings. The smallest absolute Gasteiger partial charge is 0.0480 e. The van der Waals surface area contributed by atoms with Gasteiger partial charge in [-0.05, 0) is 43.4 Å². The molecule has 0 spiro atoms. The molecule has 0 amide bonds. The lowest BCUT2D eigenvalue weighted by Crippen LogP contribution is -2.28. The SMILES string of the molecule is Cc1ccc(CNC2CCCOCC2)cc1Cl. The molecule has 1 heterocycles. The molecule has 1 aliphatic heterocycles. The first-order valence-electron chi connectivity index (χ1n) is 6.32. The highest BCUT2D eigenvalue weighted by Crippen LogP contribution is 2.17. The van der Waals surface area contributed by atoms with Crippen molar-refractivity contribution in [1.29, 1.82) is 0 Å². The van der Waals surface area contributed by atoms with Crippen molar-refractivity contribution < 1.29 is 4.74 Å². The van der Waals surface area contributed by atoms with Gasteiger partial charge in [0.1, 0.15) is 0 Å². The fourth-order valence-corrected chi connectivity index (χ4v) is 2.32. The molecule has 3 heteroatoms. The second kappa shape index (κ2) is 6.39. The van der Waals surface area contributed by atoms with Crippen molar-refractivity contribution in [3.8, 4) is 0 Å². The molecule has 0 aliphatic carbocycles. The molecule has 0 radical (unpaired) electrons. The van der Waals surface area contributed by atoms with Gasteiger partial charge < -0.3 is 10.1 Å². The Morgan fingerprint density at radius 2 is 2.24 bits per heavy atom. The third-order valence-corrected chi connectivity index (χ3v) is 3.69. The van der Waals surface area contributed by atoms with Crippen molar-refractivity contribution in [1.82, 2.24) is 5.32 Å². The lowest BCUT2D eigenvalue weighted by Gasteiger charge is -2.15. The summed E-state index contributed by atoms with van der Waals surface area (Å²) in [6.45, 7) is 4.72. The van der Waals surface area contributed by atoms with Crippen molar-refractivity contribution in [2.75, 3.05) is 13.2 Å². The van der Waals surface area contributed by atoms with E-state index >= 15 is 0 Å². The van der Waals surface area contributed by atoms with Gasteiger partial charge in [0.15, 0.2) is 0 Å². The molecule has 1 aromatic carbocycles. The Bertz CT molecular complexity index is 359. The first kappa shape index (κ1) is 12.9. The monoisotopic (exact) mass is 253 g/mol. The quantitative estimate of drug-likeness (QED) is 0.893. The van der Waals surface area contributed by atoms with E-state index in [4.69, 9.17) is 16.3 Å². The van der Waals surface area contributed by atoms with E-state index in [0.717, 1.165) is 43.2 Å². The number of aryl methyl sites for hydroxylation is 1. The minimum atomic E-state index is 0.581. The van der Waals surface area contributed by atoms with Gasteiger partial charge in [0.05, 0.1) is 0 Å². The van der Waals surface area contributed by atoms with Gasteiger partial charge in [-0.3, -0.25) is 0 Å². The minimum Gasteiger partial charge on any atom is -0.381 e. The zero-order valence-corrected chi connectivity index (χ0v) is 11.1. The number of ether oxygens (including phenoxy) is 1. The van der Waals surface area contributed by atoms with Crippen molar-refractivity contribution in [2.24, 2.45) is 0 Å². The van der Waals surface area contributed by atoms with Crippen LogP contribution < -0.4 is 5.32 Å². The number of rotatable bonds is 3. The average molecular weight is 254 g/mol. The summed E-state index contributed by atoms with van der Waals surface area (Å²) in [5.41, 5.74) is 2.39. The summed E-state index contributed by atoms with van der Waals surface area (Å²) in [5.74, 6) is 0. The van der Waals surface area contributed by atoms with Crippen LogP contribution in [0.5, 0.6) is 0 Å². The summed E-state index contributed by atoms with van der Waals surface area (Å²) < 4.78 is 5.45. The third-order valence-electron chi connectivity index (χ3n) is 3.28. The molecule has 0 saturated carbocycles. The minimum absolute atomic E-state index is 0.581. The van der Waals surface area contributed by atoms with Crippen molar-refractivity contribution in [2.45, 2.75) is 38.8 Å². The highest BCUT2D eigenvalue weighted by molar-refractivity contribution is 6.31. The zero-order valence-electron chi connectivity index (χ0n) is 10.3. The van der Waals surface area contributed by atoms with E-state index in [-0.39, 0.29) is 0 Å². The Hall–Kier alpha value is -0.570. The third kappa shape index (κ3) is 3.98.